The van der Waals surface area contributed by atoms with Gasteiger partial charge < -0.3 is 10.2 Å². The third-order valence-electron chi connectivity index (χ3n) is 3.63. The van der Waals surface area contributed by atoms with Crippen molar-refractivity contribution in [2.75, 3.05) is 12.4 Å². The van der Waals surface area contributed by atoms with Crippen molar-refractivity contribution in [3.05, 3.63) is 65.2 Å². The van der Waals surface area contributed by atoms with Crippen LogP contribution in [0.25, 0.3) is 0 Å². The third kappa shape index (κ3) is 4.68. The van der Waals surface area contributed by atoms with Crippen molar-refractivity contribution in [2.45, 2.75) is 26.8 Å². The zero-order valence-corrected chi connectivity index (χ0v) is 13.8. The second-order valence-electron chi connectivity index (χ2n) is 5.59. The minimum atomic E-state index is -0.154. The Bertz CT molecular complexity index is 693. The number of hydrogen-bond donors (Lipinski definition) is 1. The van der Waals surface area contributed by atoms with Crippen LogP contribution in [0.1, 0.15) is 35.3 Å². The molecule has 0 aromatic heterocycles. The standard InChI is InChI=1S/C19H22N2O2/c1-4-15-8-10-16(11-9-15)13-21(3)19(23)17-6-5-7-18(12-17)20-14(2)22/h5-12H,4,13H2,1-3H3,(H,20,22). The van der Waals surface area contributed by atoms with Gasteiger partial charge in [-0.1, -0.05) is 37.3 Å². The lowest BCUT2D eigenvalue weighted by molar-refractivity contribution is -0.114. The molecular formula is C19H22N2O2. The molecule has 0 fully saturated rings. The molecule has 2 aromatic carbocycles. The lowest BCUT2D eigenvalue weighted by Gasteiger charge is -2.18. The fourth-order valence-electron chi connectivity index (χ4n) is 2.38. The highest BCUT2D eigenvalue weighted by molar-refractivity contribution is 5.96. The molecular weight excluding hydrogens is 288 g/mol. The molecule has 0 aliphatic rings. The molecule has 0 radical (unpaired) electrons. The highest BCUT2D eigenvalue weighted by Crippen LogP contribution is 2.14. The van der Waals surface area contributed by atoms with Gasteiger partial charge in [-0.2, -0.15) is 0 Å². The van der Waals surface area contributed by atoms with E-state index in [9.17, 15) is 9.59 Å². The van der Waals surface area contributed by atoms with Crippen LogP contribution in [0.3, 0.4) is 0 Å². The van der Waals surface area contributed by atoms with Crippen LogP contribution in [-0.2, 0) is 17.8 Å². The monoisotopic (exact) mass is 310 g/mol. The molecule has 4 heteroatoms. The van der Waals surface area contributed by atoms with E-state index in [1.165, 1.54) is 12.5 Å². The van der Waals surface area contributed by atoms with Crippen LogP contribution in [0.2, 0.25) is 0 Å². The zero-order valence-electron chi connectivity index (χ0n) is 13.8. The number of rotatable bonds is 5. The second kappa shape index (κ2) is 7.58. The summed E-state index contributed by atoms with van der Waals surface area (Å²) in [4.78, 5) is 25.3. The molecule has 0 spiro atoms. The fourth-order valence-corrected chi connectivity index (χ4v) is 2.38. The quantitative estimate of drug-likeness (QED) is 0.919. The molecule has 2 aromatic rings. The number of hydrogen-bond acceptors (Lipinski definition) is 2. The first-order valence-corrected chi connectivity index (χ1v) is 7.70. The van der Waals surface area contributed by atoms with Gasteiger partial charge in [0, 0.05) is 31.8 Å². The van der Waals surface area contributed by atoms with Gasteiger partial charge in [-0.15, -0.1) is 0 Å². The maximum atomic E-state index is 12.5. The predicted octanol–water partition coefficient (Wildman–Crippen LogP) is 3.48. The van der Waals surface area contributed by atoms with Crippen LogP contribution in [0.4, 0.5) is 5.69 Å². The maximum absolute atomic E-state index is 12.5. The third-order valence-corrected chi connectivity index (χ3v) is 3.63. The molecule has 0 aliphatic carbocycles. The van der Waals surface area contributed by atoms with Crippen LogP contribution >= 0.6 is 0 Å². The highest BCUT2D eigenvalue weighted by atomic mass is 16.2. The summed E-state index contributed by atoms with van der Waals surface area (Å²) in [6, 6.07) is 15.3. The summed E-state index contributed by atoms with van der Waals surface area (Å²) in [6.45, 7) is 4.11. The summed E-state index contributed by atoms with van der Waals surface area (Å²) in [5, 5.41) is 2.69. The summed E-state index contributed by atoms with van der Waals surface area (Å²) in [5.41, 5.74) is 3.56. The van der Waals surface area contributed by atoms with Crippen molar-refractivity contribution in [2.24, 2.45) is 0 Å². The average molecular weight is 310 g/mol. The molecule has 1 N–H and O–H groups in total. The first-order chi connectivity index (χ1) is 11.0. The van der Waals surface area contributed by atoms with E-state index >= 15 is 0 Å². The Balaban J connectivity index is 2.07. The molecule has 0 aliphatic heterocycles. The summed E-state index contributed by atoms with van der Waals surface area (Å²) in [6.07, 6.45) is 1.00. The van der Waals surface area contributed by atoms with E-state index < -0.39 is 0 Å². The zero-order chi connectivity index (χ0) is 16.8. The molecule has 2 rings (SSSR count). The van der Waals surface area contributed by atoms with E-state index in [-0.39, 0.29) is 11.8 Å². The highest BCUT2D eigenvalue weighted by Gasteiger charge is 2.12. The molecule has 0 atom stereocenters. The molecule has 4 nitrogen and oxygen atoms in total. The lowest BCUT2D eigenvalue weighted by Crippen LogP contribution is -2.26. The van der Waals surface area contributed by atoms with Crippen molar-refractivity contribution in [1.29, 1.82) is 0 Å². The van der Waals surface area contributed by atoms with E-state index in [0.717, 1.165) is 12.0 Å². The van der Waals surface area contributed by atoms with Gasteiger partial charge in [0.25, 0.3) is 5.91 Å². The van der Waals surface area contributed by atoms with Crippen LogP contribution in [0.5, 0.6) is 0 Å². The summed E-state index contributed by atoms with van der Waals surface area (Å²) >= 11 is 0. The van der Waals surface area contributed by atoms with Crippen molar-refractivity contribution in [3.8, 4) is 0 Å². The van der Waals surface area contributed by atoms with Gasteiger partial charge in [-0.25, -0.2) is 0 Å². The molecule has 0 unspecified atom stereocenters. The number of nitrogens with zero attached hydrogens (tertiary/aromatic N) is 1. The number of amides is 2. The topological polar surface area (TPSA) is 49.4 Å². The summed E-state index contributed by atoms with van der Waals surface area (Å²) in [5.74, 6) is -0.226. The smallest absolute Gasteiger partial charge is 0.253 e. The Hall–Kier alpha value is -2.62. The minimum Gasteiger partial charge on any atom is -0.337 e. The number of anilines is 1. The van der Waals surface area contributed by atoms with Gasteiger partial charge in [0.15, 0.2) is 0 Å². The number of aryl methyl sites for hydroxylation is 1. The Kier molecular flexibility index (Phi) is 5.52. The Morgan fingerprint density at radius 1 is 1.04 bits per heavy atom. The van der Waals surface area contributed by atoms with Gasteiger partial charge in [0.2, 0.25) is 5.91 Å². The van der Waals surface area contributed by atoms with Crippen molar-refractivity contribution in [1.82, 2.24) is 4.90 Å². The molecule has 2 amide bonds. The Labute approximate surface area is 137 Å². The van der Waals surface area contributed by atoms with Gasteiger partial charge in [-0.3, -0.25) is 9.59 Å². The van der Waals surface area contributed by atoms with E-state index in [1.54, 1.807) is 36.2 Å². The van der Waals surface area contributed by atoms with E-state index in [2.05, 4.69) is 36.5 Å². The van der Waals surface area contributed by atoms with Crippen LogP contribution in [-0.4, -0.2) is 23.8 Å². The first-order valence-electron chi connectivity index (χ1n) is 7.70. The molecule has 0 heterocycles. The molecule has 120 valence electrons. The van der Waals surface area contributed by atoms with Gasteiger partial charge in [0.05, 0.1) is 0 Å². The maximum Gasteiger partial charge on any atom is 0.253 e. The molecule has 0 bridgehead atoms. The van der Waals surface area contributed by atoms with Crippen LogP contribution < -0.4 is 5.32 Å². The second-order valence-corrected chi connectivity index (χ2v) is 5.59. The van der Waals surface area contributed by atoms with Crippen LogP contribution in [0, 0.1) is 0 Å². The summed E-state index contributed by atoms with van der Waals surface area (Å²) < 4.78 is 0. The SMILES string of the molecule is CCc1ccc(CN(C)C(=O)c2cccc(NC(C)=O)c2)cc1. The van der Waals surface area contributed by atoms with E-state index in [0.29, 0.717) is 17.8 Å². The number of benzene rings is 2. The first kappa shape index (κ1) is 16.7. The van der Waals surface area contributed by atoms with Crippen molar-refractivity contribution < 1.29 is 9.59 Å². The van der Waals surface area contributed by atoms with Crippen molar-refractivity contribution >= 4 is 17.5 Å². The largest absolute Gasteiger partial charge is 0.337 e. The van der Waals surface area contributed by atoms with Gasteiger partial charge in [0.1, 0.15) is 0 Å². The van der Waals surface area contributed by atoms with E-state index in [1.807, 2.05) is 0 Å². The number of nitrogens with one attached hydrogen (secondary N) is 1. The van der Waals surface area contributed by atoms with Gasteiger partial charge in [-0.05, 0) is 35.7 Å². The number of carbonyl (C=O) groups is 2. The molecule has 0 saturated heterocycles. The molecule has 0 saturated carbocycles. The lowest BCUT2D eigenvalue weighted by atomic mass is 10.1. The van der Waals surface area contributed by atoms with Crippen LogP contribution in [0.15, 0.2) is 48.5 Å². The molecule has 23 heavy (non-hydrogen) atoms. The normalized spacial score (nSPS) is 10.2. The predicted molar refractivity (Wildman–Crippen MR) is 92.4 cm³/mol. The fraction of sp³-hybridized carbons (Fsp3) is 0.263. The Morgan fingerprint density at radius 2 is 1.70 bits per heavy atom. The average Bonchev–Trinajstić information content (AvgIpc) is 2.54. The van der Waals surface area contributed by atoms with Crippen molar-refractivity contribution in [3.63, 3.8) is 0 Å². The van der Waals surface area contributed by atoms with Gasteiger partial charge >= 0.3 is 0 Å². The Morgan fingerprint density at radius 3 is 2.30 bits per heavy atom. The number of carbonyl (C=O) groups excluding carboxylic acids is 2. The summed E-state index contributed by atoms with van der Waals surface area (Å²) in [7, 11) is 1.78. The van der Waals surface area contributed by atoms with E-state index in [4.69, 9.17) is 0 Å². The minimum absolute atomic E-state index is 0.0724.